The van der Waals surface area contributed by atoms with Crippen LogP contribution >= 0.6 is 0 Å². The summed E-state index contributed by atoms with van der Waals surface area (Å²) in [4.78, 5) is 44.0. The van der Waals surface area contributed by atoms with Gasteiger partial charge in [-0.1, -0.05) is 18.2 Å². The molecule has 1 aliphatic rings. The van der Waals surface area contributed by atoms with E-state index in [1.807, 2.05) is 49.1 Å². The smallest absolute Gasteiger partial charge is 0.408 e. The minimum atomic E-state index is -0.615. The minimum Gasteiger partial charge on any atom is -0.444 e. The van der Waals surface area contributed by atoms with Crippen LogP contribution in [0.1, 0.15) is 31.9 Å². The molecule has 2 amide bonds. The predicted octanol–water partition coefficient (Wildman–Crippen LogP) is 3.66. The monoisotopic (exact) mass is 531 g/mol. The topological polar surface area (TPSA) is 104 Å². The van der Waals surface area contributed by atoms with Crippen molar-refractivity contribution < 1.29 is 14.3 Å². The first-order valence-corrected chi connectivity index (χ1v) is 13.1. The number of carbonyl (C=O) groups is 2. The standard InChI is InChI=1S/C29H37N7O3/c1-21-16-30-10-9-25(21)35-11-13-36(14-12-35)27-31-17-24(18-32-27)23-8-6-7-22(15-23)20-34(5)26(37)19-33-28(38)39-29(2,3)4/h6-10,15-18H,11-14,19-20H2,1-5H3,(H,33,38). The molecule has 1 N–H and O–H groups in total. The van der Waals surface area contributed by atoms with Gasteiger partial charge in [-0.15, -0.1) is 0 Å². The van der Waals surface area contributed by atoms with Gasteiger partial charge in [0.15, 0.2) is 0 Å². The molecule has 4 rings (SSSR count). The van der Waals surface area contributed by atoms with Crippen molar-refractivity contribution in [3.05, 3.63) is 66.2 Å². The number of amides is 2. The minimum absolute atomic E-state index is 0.128. The number of piperazine rings is 1. The van der Waals surface area contributed by atoms with Gasteiger partial charge >= 0.3 is 6.09 Å². The first-order chi connectivity index (χ1) is 18.6. The van der Waals surface area contributed by atoms with Gasteiger partial charge in [0.05, 0.1) is 0 Å². The second-order valence-corrected chi connectivity index (χ2v) is 10.7. The SMILES string of the molecule is Cc1cnccc1N1CCN(c2ncc(-c3cccc(CN(C)C(=O)CNC(=O)OC(C)(C)C)c3)cn2)CC1. The van der Waals surface area contributed by atoms with Crippen molar-refractivity contribution in [1.82, 2.24) is 25.2 Å². The zero-order chi connectivity index (χ0) is 28.0. The van der Waals surface area contributed by atoms with Gasteiger partial charge in [0.1, 0.15) is 12.1 Å². The Morgan fingerprint density at radius 2 is 1.69 bits per heavy atom. The Morgan fingerprint density at radius 1 is 1.00 bits per heavy atom. The van der Waals surface area contributed by atoms with Gasteiger partial charge in [-0.05, 0) is 56.5 Å². The molecule has 1 saturated heterocycles. The number of nitrogens with one attached hydrogen (secondary N) is 1. The van der Waals surface area contributed by atoms with Gasteiger partial charge in [-0.3, -0.25) is 9.78 Å². The number of benzene rings is 1. The number of nitrogens with zero attached hydrogens (tertiary/aromatic N) is 6. The number of anilines is 2. The maximum absolute atomic E-state index is 12.5. The summed E-state index contributed by atoms with van der Waals surface area (Å²) in [6.45, 7) is 11.2. The van der Waals surface area contributed by atoms with Crippen molar-refractivity contribution in [3.8, 4) is 11.1 Å². The second kappa shape index (κ2) is 12.1. The number of aromatic nitrogens is 3. The Hall–Kier alpha value is -4.21. The molecule has 0 spiro atoms. The number of hydrogen-bond donors (Lipinski definition) is 1. The third kappa shape index (κ3) is 7.66. The van der Waals surface area contributed by atoms with Crippen LogP contribution in [0.5, 0.6) is 0 Å². The van der Waals surface area contributed by atoms with E-state index in [2.05, 4.69) is 43.1 Å². The van der Waals surface area contributed by atoms with Crippen molar-refractivity contribution in [3.63, 3.8) is 0 Å². The molecular weight excluding hydrogens is 494 g/mol. The Bertz CT molecular complexity index is 1280. The molecule has 3 aromatic rings. The summed E-state index contributed by atoms with van der Waals surface area (Å²) in [6.07, 6.45) is 6.82. The van der Waals surface area contributed by atoms with E-state index < -0.39 is 11.7 Å². The fourth-order valence-corrected chi connectivity index (χ4v) is 4.41. The average molecular weight is 532 g/mol. The second-order valence-electron chi connectivity index (χ2n) is 10.7. The lowest BCUT2D eigenvalue weighted by Gasteiger charge is -2.36. The van der Waals surface area contributed by atoms with Crippen LogP contribution in [0.25, 0.3) is 11.1 Å². The Kier molecular flexibility index (Phi) is 8.63. The zero-order valence-electron chi connectivity index (χ0n) is 23.3. The van der Waals surface area contributed by atoms with Crippen LogP contribution in [0.4, 0.5) is 16.4 Å². The molecule has 0 atom stereocenters. The van der Waals surface area contributed by atoms with Crippen LogP contribution in [0.3, 0.4) is 0 Å². The average Bonchev–Trinajstić information content (AvgIpc) is 2.91. The molecule has 2 aromatic heterocycles. The molecular formula is C29H37N7O3. The van der Waals surface area contributed by atoms with Crippen LogP contribution in [0.15, 0.2) is 55.1 Å². The number of alkyl carbamates (subject to hydrolysis) is 1. The molecule has 3 heterocycles. The summed E-state index contributed by atoms with van der Waals surface area (Å²) in [7, 11) is 1.71. The van der Waals surface area contributed by atoms with Crippen molar-refractivity contribution >= 4 is 23.6 Å². The van der Waals surface area contributed by atoms with Crippen LogP contribution in [0, 0.1) is 6.92 Å². The maximum Gasteiger partial charge on any atom is 0.408 e. The first kappa shape index (κ1) is 27.8. The lowest BCUT2D eigenvalue weighted by atomic mass is 10.1. The Balaban J connectivity index is 1.31. The highest BCUT2D eigenvalue weighted by Gasteiger charge is 2.21. The molecule has 0 aliphatic carbocycles. The van der Waals surface area contributed by atoms with E-state index in [4.69, 9.17) is 4.74 Å². The largest absolute Gasteiger partial charge is 0.444 e. The molecule has 10 heteroatoms. The van der Waals surface area contributed by atoms with Crippen molar-refractivity contribution in [1.29, 1.82) is 0 Å². The summed E-state index contributed by atoms with van der Waals surface area (Å²) < 4.78 is 5.19. The third-order valence-electron chi connectivity index (χ3n) is 6.42. The quantitative estimate of drug-likeness (QED) is 0.493. The molecule has 206 valence electrons. The maximum atomic E-state index is 12.5. The van der Waals surface area contributed by atoms with Crippen molar-refractivity contribution in [2.45, 2.75) is 39.8 Å². The fourth-order valence-electron chi connectivity index (χ4n) is 4.41. The summed E-state index contributed by atoms with van der Waals surface area (Å²) in [5.74, 6) is 0.516. The number of aryl methyl sites for hydroxylation is 1. The van der Waals surface area contributed by atoms with Gasteiger partial charge in [0.25, 0.3) is 0 Å². The zero-order valence-corrected chi connectivity index (χ0v) is 23.3. The van der Waals surface area contributed by atoms with Crippen molar-refractivity contribution in [2.75, 3.05) is 49.6 Å². The van der Waals surface area contributed by atoms with Gasteiger partial charge in [-0.2, -0.15) is 0 Å². The normalized spacial score (nSPS) is 13.7. The van der Waals surface area contributed by atoms with Gasteiger partial charge in [-0.25, -0.2) is 14.8 Å². The molecule has 1 fully saturated rings. The van der Waals surface area contributed by atoms with E-state index >= 15 is 0 Å². The molecule has 0 unspecified atom stereocenters. The van der Waals surface area contributed by atoms with E-state index in [9.17, 15) is 9.59 Å². The van der Waals surface area contributed by atoms with Gasteiger partial charge < -0.3 is 24.8 Å². The first-order valence-electron chi connectivity index (χ1n) is 13.1. The number of rotatable bonds is 7. The Labute approximate surface area is 230 Å². The highest BCUT2D eigenvalue weighted by molar-refractivity contribution is 5.82. The number of hydrogen-bond acceptors (Lipinski definition) is 8. The molecule has 1 aliphatic heterocycles. The van der Waals surface area contributed by atoms with Crippen molar-refractivity contribution in [2.24, 2.45) is 0 Å². The summed E-state index contributed by atoms with van der Waals surface area (Å²) in [6, 6.07) is 10.0. The summed E-state index contributed by atoms with van der Waals surface area (Å²) in [5.41, 5.74) is 4.65. The number of likely N-dealkylation sites (N-methyl/N-ethyl adjacent to an activating group) is 1. The lowest BCUT2D eigenvalue weighted by Crippen LogP contribution is -2.47. The number of ether oxygens (including phenoxy) is 1. The molecule has 0 saturated carbocycles. The molecule has 0 radical (unpaired) electrons. The van der Waals surface area contributed by atoms with Crippen LogP contribution in [-0.4, -0.2) is 77.2 Å². The highest BCUT2D eigenvalue weighted by Crippen LogP contribution is 2.23. The van der Waals surface area contributed by atoms with Gasteiger partial charge in [0.2, 0.25) is 11.9 Å². The Morgan fingerprint density at radius 3 is 2.36 bits per heavy atom. The number of pyridine rings is 1. The van der Waals surface area contributed by atoms with E-state index in [1.54, 1.807) is 32.7 Å². The van der Waals surface area contributed by atoms with Crippen LogP contribution < -0.4 is 15.1 Å². The van der Waals surface area contributed by atoms with Crippen LogP contribution in [-0.2, 0) is 16.1 Å². The van der Waals surface area contributed by atoms with E-state index in [0.29, 0.717) is 6.54 Å². The van der Waals surface area contributed by atoms with Gasteiger partial charge in [0, 0.05) is 75.8 Å². The highest BCUT2D eigenvalue weighted by atomic mass is 16.6. The van der Waals surface area contributed by atoms with E-state index in [1.165, 1.54) is 11.3 Å². The van der Waals surface area contributed by atoms with Crippen LogP contribution in [0.2, 0.25) is 0 Å². The van der Waals surface area contributed by atoms with E-state index in [-0.39, 0.29) is 12.5 Å². The fraction of sp³-hybridized carbons (Fsp3) is 0.414. The summed E-state index contributed by atoms with van der Waals surface area (Å²) >= 11 is 0. The molecule has 0 bridgehead atoms. The third-order valence-corrected chi connectivity index (χ3v) is 6.42. The number of carbonyl (C=O) groups excluding carboxylic acids is 2. The predicted molar refractivity (Wildman–Crippen MR) is 152 cm³/mol. The lowest BCUT2D eigenvalue weighted by molar-refractivity contribution is -0.129. The molecule has 1 aromatic carbocycles. The molecule has 10 nitrogen and oxygen atoms in total. The summed E-state index contributed by atoms with van der Waals surface area (Å²) in [5, 5.41) is 2.51. The van der Waals surface area contributed by atoms with E-state index in [0.717, 1.165) is 48.8 Å². The molecule has 39 heavy (non-hydrogen) atoms.